The first-order chi connectivity index (χ1) is 9.45. The van der Waals surface area contributed by atoms with Gasteiger partial charge in [-0.05, 0) is 37.1 Å². The van der Waals surface area contributed by atoms with Crippen molar-refractivity contribution in [3.63, 3.8) is 0 Å². The van der Waals surface area contributed by atoms with Crippen LogP contribution in [-0.2, 0) is 4.74 Å². The number of rotatable bonds is 7. The Hall–Kier alpha value is -1.46. The van der Waals surface area contributed by atoms with Crippen molar-refractivity contribution in [2.45, 2.75) is 20.3 Å². The molecule has 1 amide bonds. The van der Waals surface area contributed by atoms with E-state index in [-0.39, 0.29) is 5.91 Å². The molecule has 0 aliphatic rings. The summed E-state index contributed by atoms with van der Waals surface area (Å²) >= 11 is 4.88. The minimum Gasteiger partial charge on any atom is -0.393 e. The van der Waals surface area contributed by atoms with Gasteiger partial charge in [0.05, 0.1) is 11.6 Å². The number of benzene rings is 1. The summed E-state index contributed by atoms with van der Waals surface area (Å²) < 4.78 is 5.05. The Bertz CT molecular complexity index is 489. The molecule has 0 saturated carbocycles. The number of thiocarbonyl (C=S) groups is 1. The lowest BCUT2D eigenvalue weighted by atomic mass is 10.1. The van der Waals surface area contributed by atoms with Crippen molar-refractivity contribution >= 4 is 23.1 Å². The molecule has 1 aromatic carbocycles. The molecule has 0 aliphatic carbocycles. The van der Waals surface area contributed by atoms with E-state index >= 15 is 0 Å². The molecule has 20 heavy (non-hydrogen) atoms. The van der Waals surface area contributed by atoms with Gasteiger partial charge in [-0.15, -0.1) is 0 Å². The van der Waals surface area contributed by atoms with Gasteiger partial charge in [-0.1, -0.05) is 18.3 Å². The van der Waals surface area contributed by atoms with Crippen molar-refractivity contribution in [3.05, 3.63) is 34.9 Å². The Morgan fingerprint density at radius 1 is 1.30 bits per heavy atom. The van der Waals surface area contributed by atoms with Gasteiger partial charge in [-0.3, -0.25) is 4.79 Å². The Morgan fingerprint density at radius 3 is 2.55 bits per heavy atom. The molecule has 2 N–H and O–H groups in total. The van der Waals surface area contributed by atoms with E-state index in [1.54, 1.807) is 12.0 Å². The average Bonchev–Trinajstić information content (AvgIpc) is 2.41. The third-order valence-electron chi connectivity index (χ3n) is 3.23. The number of hydrogen-bond acceptors (Lipinski definition) is 3. The number of ether oxygens (including phenoxy) is 1. The van der Waals surface area contributed by atoms with Crippen molar-refractivity contribution in [1.82, 2.24) is 4.90 Å². The summed E-state index contributed by atoms with van der Waals surface area (Å²) in [5, 5.41) is 0. The highest BCUT2D eigenvalue weighted by Crippen LogP contribution is 2.12. The molecule has 0 fully saturated rings. The monoisotopic (exact) mass is 294 g/mol. The van der Waals surface area contributed by atoms with E-state index in [2.05, 4.69) is 0 Å². The smallest absolute Gasteiger partial charge is 0.253 e. The van der Waals surface area contributed by atoms with Gasteiger partial charge < -0.3 is 15.4 Å². The SMILES string of the molecule is COCCN(CCC(N)=S)C(=O)c1ccc(C)c(C)c1. The fourth-order valence-electron chi connectivity index (χ4n) is 1.82. The third kappa shape index (κ3) is 4.90. The van der Waals surface area contributed by atoms with Crippen molar-refractivity contribution < 1.29 is 9.53 Å². The van der Waals surface area contributed by atoms with Crippen LogP contribution in [0.2, 0.25) is 0 Å². The van der Waals surface area contributed by atoms with Crippen molar-refractivity contribution in [1.29, 1.82) is 0 Å². The zero-order valence-corrected chi connectivity index (χ0v) is 13.1. The first-order valence-electron chi connectivity index (χ1n) is 6.59. The predicted octanol–water partition coefficient (Wildman–Crippen LogP) is 2.07. The number of hydrogen-bond donors (Lipinski definition) is 1. The predicted molar refractivity (Wildman–Crippen MR) is 85.1 cm³/mol. The van der Waals surface area contributed by atoms with E-state index in [0.717, 1.165) is 5.56 Å². The highest BCUT2D eigenvalue weighted by molar-refractivity contribution is 7.80. The highest BCUT2D eigenvalue weighted by atomic mass is 32.1. The summed E-state index contributed by atoms with van der Waals surface area (Å²) in [6.45, 7) is 5.57. The van der Waals surface area contributed by atoms with Crippen LogP contribution in [0, 0.1) is 13.8 Å². The number of carbonyl (C=O) groups excluding carboxylic acids is 1. The Morgan fingerprint density at radius 2 is 2.00 bits per heavy atom. The summed E-state index contributed by atoms with van der Waals surface area (Å²) in [4.78, 5) is 14.7. The first kappa shape index (κ1) is 16.6. The first-order valence-corrected chi connectivity index (χ1v) is 7.00. The van der Waals surface area contributed by atoms with Crippen LogP contribution in [0.25, 0.3) is 0 Å². The molecule has 0 radical (unpaired) electrons. The molecule has 5 heteroatoms. The van der Waals surface area contributed by atoms with Crippen LogP contribution >= 0.6 is 12.2 Å². The molecule has 110 valence electrons. The second-order valence-corrected chi connectivity index (χ2v) is 5.32. The minimum atomic E-state index is -0.0126. The van der Waals surface area contributed by atoms with E-state index < -0.39 is 0 Å². The fraction of sp³-hybridized carbons (Fsp3) is 0.467. The van der Waals surface area contributed by atoms with Gasteiger partial charge >= 0.3 is 0 Å². The lowest BCUT2D eigenvalue weighted by Crippen LogP contribution is -2.36. The van der Waals surface area contributed by atoms with Gasteiger partial charge in [-0.2, -0.15) is 0 Å². The van der Waals surface area contributed by atoms with Crippen LogP contribution in [0.15, 0.2) is 18.2 Å². The highest BCUT2D eigenvalue weighted by Gasteiger charge is 2.16. The number of aryl methyl sites for hydroxylation is 2. The number of carbonyl (C=O) groups is 1. The number of nitrogens with two attached hydrogens (primary N) is 1. The largest absolute Gasteiger partial charge is 0.393 e. The number of amides is 1. The maximum Gasteiger partial charge on any atom is 0.253 e. The van der Waals surface area contributed by atoms with E-state index in [1.807, 2.05) is 32.0 Å². The summed E-state index contributed by atoms with van der Waals surface area (Å²) in [7, 11) is 1.62. The fourth-order valence-corrected chi connectivity index (χ4v) is 1.91. The van der Waals surface area contributed by atoms with Crippen LogP contribution in [0.5, 0.6) is 0 Å². The van der Waals surface area contributed by atoms with Crippen molar-refractivity contribution in [3.8, 4) is 0 Å². The molecule has 0 aromatic heterocycles. The maximum absolute atomic E-state index is 12.5. The summed E-state index contributed by atoms with van der Waals surface area (Å²) in [6, 6.07) is 5.73. The van der Waals surface area contributed by atoms with Crippen LogP contribution < -0.4 is 5.73 Å². The van der Waals surface area contributed by atoms with E-state index in [1.165, 1.54) is 5.56 Å². The third-order valence-corrected chi connectivity index (χ3v) is 3.44. The molecule has 0 saturated heterocycles. The molecule has 0 bridgehead atoms. The van der Waals surface area contributed by atoms with E-state index in [0.29, 0.717) is 36.7 Å². The molecule has 0 spiro atoms. The molecule has 1 rings (SSSR count). The van der Waals surface area contributed by atoms with E-state index in [9.17, 15) is 4.79 Å². The molecular weight excluding hydrogens is 272 g/mol. The lowest BCUT2D eigenvalue weighted by Gasteiger charge is -2.22. The van der Waals surface area contributed by atoms with Gasteiger partial charge in [0.25, 0.3) is 5.91 Å². The van der Waals surface area contributed by atoms with Gasteiger partial charge in [0, 0.05) is 32.2 Å². The standard InChI is InChI=1S/C15H22N2O2S/c1-11-4-5-13(10-12(11)2)15(18)17(8-9-19-3)7-6-14(16)20/h4-5,10H,6-9H2,1-3H3,(H2,16,20). The number of nitrogens with zero attached hydrogens (tertiary/aromatic N) is 1. The molecule has 1 aromatic rings. The van der Waals surface area contributed by atoms with Crippen LogP contribution in [0.1, 0.15) is 27.9 Å². The second-order valence-electron chi connectivity index (χ2n) is 4.80. The molecule has 4 nitrogen and oxygen atoms in total. The van der Waals surface area contributed by atoms with Gasteiger partial charge in [0.2, 0.25) is 0 Å². The molecule has 0 atom stereocenters. The maximum atomic E-state index is 12.5. The Kier molecular flexibility index (Phi) is 6.61. The van der Waals surface area contributed by atoms with Crippen LogP contribution in [-0.4, -0.2) is 42.6 Å². The second kappa shape index (κ2) is 7.97. The molecule has 0 unspecified atom stereocenters. The van der Waals surface area contributed by atoms with Gasteiger partial charge in [0.1, 0.15) is 0 Å². The van der Waals surface area contributed by atoms with Gasteiger partial charge in [0.15, 0.2) is 0 Å². The van der Waals surface area contributed by atoms with Crippen molar-refractivity contribution in [2.24, 2.45) is 5.73 Å². The quantitative estimate of drug-likeness (QED) is 0.782. The van der Waals surface area contributed by atoms with Crippen LogP contribution in [0.4, 0.5) is 0 Å². The van der Waals surface area contributed by atoms with Gasteiger partial charge in [-0.25, -0.2) is 0 Å². The zero-order chi connectivity index (χ0) is 15.1. The minimum absolute atomic E-state index is 0.0126. The van der Waals surface area contributed by atoms with Crippen LogP contribution in [0.3, 0.4) is 0 Å². The zero-order valence-electron chi connectivity index (χ0n) is 12.3. The Labute approximate surface area is 125 Å². The topological polar surface area (TPSA) is 55.6 Å². The number of methoxy groups -OCH3 is 1. The lowest BCUT2D eigenvalue weighted by molar-refractivity contribution is 0.0701. The molecular formula is C15H22N2O2S. The van der Waals surface area contributed by atoms with Crippen molar-refractivity contribution in [2.75, 3.05) is 26.8 Å². The summed E-state index contributed by atoms with van der Waals surface area (Å²) in [5.74, 6) is -0.0126. The summed E-state index contributed by atoms with van der Waals surface area (Å²) in [5.41, 5.74) is 8.48. The molecule has 0 heterocycles. The Balaban J connectivity index is 2.84. The summed E-state index contributed by atoms with van der Waals surface area (Å²) in [6.07, 6.45) is 0.523. The average molecular weight is 294 g/mol. The van der Waals surface area contributed by atoms with E-state index in [4.69, 9.17) is 22.7 Å². The normalized spacial score (nSPS) is 10.3. The molecule has 0 aliphatic heterocycles.